The first-order valence-corrected chi connectivity index (χ1v) is 8.43. The maximum absolute atomic E-state index is 2.81. The van der Waals surface area contributed by atoms with E-state index in [9.17, 15) is 0 Å². The molecule has 1 aromatic carbocycles. The summed E-state index contributed by atoms with van der Waals surface area (Å²) in [6.45, 7) is 5.21. The minimum Gasteiger partial charge on any atom is -0.297 e. The van der Waals surface area contributed by atoms with Crippen molar-refractivity contribution in [2.24, 2.45) is 5.92 Å². The number of nitrogens with zero attached hydrogens (tertiary/aromatic N) is 2. The van der Waals surface area contributed by atoms with Gasteiger partial charge in [-0.1, -0.05) is 36.8 Å². The van der Waals surface area contributed by atoms with E-state index in [0.717, 1.165) is 12.0 Å². The molecule has 0 radical (unpaired) electrons. The minimum absolute atomic E-state index is 0.631. The molecule has 0 aromatic heterocycles. The van der Waals surface area contributed by atoms with Crippen molar-refractivity contribution in [2.45, 2.75) is 44.2 Å². The summed E-state index contributed by atoms with van der Waals surface area (Å²) in [6, 6.07) is 12.7. The zero-order valence-electron chi connectivity index (χ0n) is 12.4. The van der Waals surface area contributed by atoms with Gasteiger partial charge in [0.25, 0.3) is 0 Å². The number of benzene rings is 1. The molecular formula is C18H26N2. The van der Waals surface area contributed by atoms with Crippen LogP contribution in [0.1, 0.15) is 43.7 Å². The van der Waals surface area contributed by atoms with Gasteiger partial charge in [-0.15, -0.1) is 0 Å². The lowest BCUT2D eigenvalue weighted by Crippen LogP contribution is -2.53. The molecule has 1 saturated carbocycles. The molecule has 2 heteroatoms. The molecule has 2 atom stereocenters. The number of fused-ring (bicyclic) bond motifs is 1. The van der Waals surface area contributed by atoms with Gasteiger partial charge in [0.2, 0.25) is 0 Å². The molecule has 2 aliphatic heterocycles. The lowest BCUT2D eigenvalue weighted by atomic mass is 9.84. The van der Waals surface area contributed by atoms with E-state index in [2.05, 4.69) is 40.1 Å². The van der Waals surface area contributed by atoms with E-state index in [-0.39, 0.29) is 0 Å². The van der Waals surface area contributed by atoms with Crippen LogP contribution in [0, 0.1) is 5.92 Å². The third-order valence-corrected chi connectivity index (χ3v) is 5.69. The zero-order valence-corrected chi connectivity index (χ0v) is 12.4. The lowest BCUT2D eigenvalue weighted by Gasteiger charge is -2.46. The smallest absolute Gasteiger partial charge is 0.0476 e. The molecule has 3 fully saturated rings. The normalized spacial score (nSPS) is 32.0. The van der Waals surface area contributed by atoms with Crippen molar-refractivity contribution in [3.05, 3.63) is 35.9 Å². The molecule has 1 aliphatic carbocycles. The van der Waals surface area contributed by atoms with Gasteiger partial charge in [-0.25, -0.2) is 0 Å². The van der Waals surface area contributed by atoms with Gasteiger partial charge in [-0.3, -0.25) is 9.80 Å². The average molecular weight is 270 g/mol. The summed E-state index contributed by atoms with van der Waals surface area (Å²) in [4.78, 5) is 5.56. The van der Waals surface area contributed by atoms with E-state index in [0.29, 0.717) is 6.04 Å². The van der Waals surface area contributed by atoms with Crippen molar-refractivity contribution in [2.75, 3.05) is 26.2 Å². The Bertz CT molecular complexity index is 440. The van der Waals surface area contributed by atoms with Crippen LogP contribution >= 0.6 is 0 Å². The van der Waals surface area contributed by atoms with Crippen molar-refractivity contribution >= 4 is 0 Å². The topological polar surface area (TPSA) is 6.48 Å². The largest absolute Gasteiger partial charge is 0.297 e. The minimum atomic E-state index is 0.631. The SMILES string of the molecule is c1ccc(C2CN3CCCC3CN2CC2CCC2)cc1. The Hall–Kier alpha value is -0.860. The van der Waals surface area contributed by atoms with Crippen LogP contribution < -0.4 is 0 Å². The summed E-state index contributed by atoms with van der Waals surface area (Å²) in [5, 5.41) is 0. The molecule has 0 amide bonds. The summed E-state index contributed by atoms with van der Waals surface area (Å²) in [5.74, 6) is 0.981. The molecule has 1 aromatic rings. The first-order chi connectivity index (χ1) is 9.90. The van der Waals surface area contributed by atoms with Crippen LogP contribution in [-0.2, 0) is 0 Å². The van der Waals surface area contributed by atoms with Crippen molar-refractivity contribution in [3.63, 3.8) is 0 Å². The quantitative estimate of drug-likeness (QED) is 0.831. The van der Waals surface area contributed by atoms with Crippen LogP contribution in [0.25, 0.3) is 0 Å². The number of piperazine rings is 1. The van der Waals surface area contributed by atoms with Crippen LogP contribution in [0.5, 0.6) is 0 Å². The zero-order chi connectivity index (χ0) is 13.4. The number of hydrogen-bond acceptors (Lipinski definition) is 2. The van der Waals surface area contributed by atoms with Crippen LogP contribution in [0.2, 0.25) is 0 Å². The molecule has 108 valence electrons. The molecule has 2 unspecified atom stereocenters. The Kier molecular flexibility index (Phi) is 3.53. The second-order valence-corrected chi connectivity index (χ2v) is 6.97. The van der Waals surface area contributed by atoms with Gasteiger partial charge in [0, 0.05) is 31.7 Å². The molecule has 2 heterocycles. The highest BCUT2D eigenvalue weighted by molar-refractivity contribution is 5.20. The monoisotopic (exact) mass is 270 g/mol. The molecule has 2 saturated heterocycles. The Labute approximate surface area is 122 Å². The highest BCUT2D eigenvalue weighted by atomic mass is 15.3. The maximum Gasteiger partial charge on any atom is 0.0476 e. The number of hydrogen-bond donors (Lipinski definition) is 0. The van der Waals surface area contributed by atoms with E-state index in [1.54, 1.807) is 0 Å². The third-order valence-electron chi connectivity index (χ3n) is 5.69. The van der Waals surface area contributed by atoms with E-state index >= 15 is 0 Å². The summed E-state index contributed by atoms with van der Waals surface area (Å²) in [7, 11) is 0. The van der Waals surface area contributed by atoms with Crippen LogP contribution in [0.3, 0.4) is 0 Å². The molecule has 2 nitrogen and oxygen atoms in total. The Morgan fingerprint density at radius 2 is 1.80 bits per heavy atom. The maximum atomic E-state index is 2.81. The van der Waals surface area contributed by atoms with Crippen molar-refractivity contribution < 1.29 is 0 Å². The Morgan fingerprint density at radius 1 is 0.950 bits per heavy atom. The molecule has 0 N–H and O–H groups in total. The van der Waals surface area contributed by atoms with Gasteiger partial charge >= 0.3 is 0 Å². The summed E-state index contributed by atoms with van der Waals surface area (Å²) in [6.07, 6.45) is 7.22. The first-order valence-electron chi connectivity index (χ1n) is 8.43. The fourth-order valence-electron chi connectivity index (χ4n) is 4.28. The van der Waals surface area contributed by atoms with E-state index in [4.69, 9.17) is 0 Å². The molecule has 0 bridgehead atoms. The van der Waals surface area contributed by atoms with Gasteiger partial charge in [-0.05, 0) is 43.7 Å². The van der Waals surface area contributed by atoms with Gasteiger partial charge in [0.1, 0.15) is 0 Å². The van der Waals surface area contributed by atoms with Crippen LogP contribution in [-0.4, -0.2) is 42.0 Å². The van der Waals surface area contributed by atoms with Crippen molar-refractivity contribution in [1.82, 2.24) is 9.80 Å². The van der Waals surface area contributed by atoms with Gasteiger partial charge in [0.05, 0.1) is 0 Å². The fraction of sp³-hybridized carbons (Fsp3) is 0.667. The van der Waals surface area contributed by atoms with Gasteiger partial charge < -0.3 is 0 Å². The first kappa shape index (κ1) is 12.8. The second kappa shape index (κ2) is 5.50. The summed E-state index contributed by atoms with van der Waals surface area (Å²) >= 11 is 0. The lowest BCUT2D eigenvalue weighted by molar-refractivity contribution is 0.0291. The Balaban J connectivity index is 1.54. The number of rotatable bonds is 3. The predicted molar refractivity (Wildman–Crippen MR) is 82.7 cm³/mol. The molecule has 3 aliphatic rings. The highest BCUT2D eigenvalue weighted by Crippen LogP contribution is 2.36. The predicted octanol–water partition coefficient (Wildman–Crippen LogP) is 3.31. The van der Waals surface area contributed by atoms with E-state index in [1.807, 2.05) is 0 Å². The van der Waals surface area contributed by atoms with Gasteiger partial charge in [-0.2, -0.15) is 0 Å². The molecule has 0 spiro atoms. The molecule has 4 rings (SSSR count). The van der Waals surface area contributed by atoms with E-state index in [1.165, 1.54) is 63.8 Å². The molecule has 20 heavy (non-hydrogen) atoms. The standard InChI is InChI=1S/C18H26N2/c1-2-8-16(9-3-1)18-14-19-11-5-10-17(19)13-20(18)12-15-6-4-7-15/h1-3,8-9,15,17-18H,4-7,10-14H2. The third kappa shape index (κ3) is 2.40. The van der Waals surface area contributed by atoms with E-state index < -0.39 is 0 Å². The Morgan fingerprint density at radius 3 is 2.55 bits per heavy atom. The highest BCUT2D eigenvalue weighted by Gasteiger charge is 2.38. The van der Waals surface area contributed by atoms with Gasteiger partial charge in [0.15, 0.2) is 0 Å². The van der Waals surface area contributed by atoms with Crippen LogP contribution in [0.4, 0.5) is 0 Å². The van der Waals surface area contributed by atoms with Crippen molar-refractivity contribution in [3.8, 4) is 0 Å². The average Bonchev–Trinajstić information content (AvgIpc) is 2.90. The van der Waals surface area contributed by atoms with Crippen molar-refractivity contribution in [1.29, 1.82) is 0 Å². The second-order valence-electron chi connectivity index (χ2n) is 6.97. The summed E-state index contributed by atoms with van der Waals surface area (Å²) < 4.78 is 0. The summed E-state index contributed by atoms with van der Waals surface area (Å²) in [5.41, 5.74) is 1.53. The van der Waals surface area contributed by atoms with Crippen LogP contribution in [0.15, 0.2) is 30.3 Å². The fourth-order valence-corrected chi connectivity index (χ4v) is 4.28. The molecular weight excluding hydrogens is 244 g/mol.